The first kappa shape index (κ1) is 20.3. The Morgan fingerprint density at radius 1 is 1.00 bits per heavy atom. The summed E-state index contributed by atoms with van der Waals surface area (Å²) in [6, 6.07) is 9.00. The molecule has 11 heteroatoms. The Morgan fingerprint density at radius 3 is 2.21 bits per heavy atom. The topological polar surface area (TPSA) is 99.5 Å². The number of H-pyrrole nitrogens is 1. The summed E-state index contributed by atoms with van der Waals surface area (Å²) in [4.78, 5) is 26.3. The molecule has 144 valence electrons. The summed E-state index contributed by atoms with van der Waals surface area (Å²) in [7, 11) is 0. The zero-order chi connectivity index (χ0) is 20.4. The number of rotatable bonds is 4. The van der Waals surface area contributed by atoms with Crippen molar-refractivity contribution in [2.75, 3.05) is 5.43 Å². The van der Waals surface area contributed by atoms with E-state index in [4.69, 9.17) is 46.4 Å². The average Bonchev–Trinajstić information content (AvgIpc) is 2.61. The molecule has 0 aliphatic heterocycles. The maximum absolute atomic E-state index is 12.1. The Kier molecular flexibility index (Phi) is 6.00. The third-order valence-corrected chi connectivity index (χ3v) is 4.65. The van der Waals surface area contributed by atoms with Crippen LogP contribution < -0.4 is 16.7 Å². The fraction of sp³-hybridized carbons (Fsp3) is 0. The van der Waals surface area contributed by atoms with Gasteiger partial charge >= 0.3 is 5.69 Å². The molecular formula is C17H10Cl4N4O3. The molecule has 28 heavy (non-hydrogen) atoms. The molecule has 7 nitrogen and oxygen atoms in total. The number of hydrogen-bond acceptors (Lipinski definition) is 5. The molecule has 3 N–H and O–H groups in total. The van der Waals surface area contributed by atoms with Crippen molar-refractivity contribution in [1.82, 2.24) is 9.55 Å². The van der Waals surface area contributed by atoms with E-state index in [9.17, 15) is 14.7 Å². The van der Waals surface area contributed by atoms with Gasteiger partial charge in [-0.25, -0.2) is 9.36 Å². The number of nitrogens with zero attached hydrogens (tertiary/aromatic N) is 2. The number of aromatic hydroxyl groups is 1. The summed E-state index contributed by atoms with van der Waals surface area (Å²) in [6.45, 7) is 0. The van der Waals surface area contributed by atoms with Crippen LogP contribution in [-0.4, -0.2) is 20.9 Å². The van der Waals surface area contributed by atoms with Crippen LogP contribution >= 0.6 is 46.4 Å². The molecule has 3 aromatic rings. The molecule has 0 aliphatic rings. The minimum atomic E-state index is -0.827. The van der Waals surface area contributed by atoms with Gasteiger partial charge in [-0.2, -0.15) is 5.10 Å². The van der Waals surface area contributed by atoms with E-state index in [-0.39, 0.29) is 21.3 Å². The predicted octanol–water partition coefficient (Wildman–Crippen LogP) is 4.29. The minimum Gasteiger partial charge on any atom is -0.493 e. The maximum Gasteiger partial charge on any atom is 0.335 e. The first-order valence-corrected chi connectivity index (χ1v) is 9.07. The van der Waals surface area contributed by atoms with Crippen LogP contribution in [-0.2, 0) is 0 Å². The van der Waals surface area contributed by atoms with Gasteiger partial charge in [-0.15, -0.1) is 0 Å². The number of aromatic nitrogens is 2. The van der Waals surface area contributed by atoms with Gasteiger partial charge in [-0.3, -0.25) is 15.2 Å². The van der Waals surface area contributed by atoms with Gasteiger partial charge in [-0.1, -0.05) is 46.4 Å². The monoisotopic (exact) mass is 458 g/mol. The van der Waals surface area contributed by atoms with Crippen molar-refractivity contribution in [3.05, 3.63) is 82.9 Å². The van der Waals surface area contributed by atoms with Crippen LogP contribution in [0.1, 0.15) is 5.56 Å². The molecule has 1 aromatic heterocycles. The molecule has 1 heterocycles. The number of aromatic amines is 1. The van der Waals surface area contributed by atoms with Gasteiger partial charge in [0, 0.05) is 10.0 Å². The quantitative estimate of drug-likeness (QED) is 0.400. The summed E-state index contributed by atoms with van der Waals surface area (Å²) >= 11 is 23.7. The van der Waals surface area contributed by atoms with Crippen LogP contribution in [0.15, 0.2) is 51.1 Å². The highest BCUT2D eigenvalue weighted by molar-refractivity contribution is 6.41. The number of anilines is 1. The van der Waals surface area contributed by atoms with Crippen molar-refractivity contribution in [1.29, 1.82) is 0 Å². The van der Waals surface area contributed by atoms with Gasteiger partial charge in [0.1, 0.15) is 5.56 Å². The van der Waals surface area contributed by atoms with E-state index in [1.807, 2.05) is 0 Å². The molecule has 0 aliphatic carbocycles. The molecule has 2 aromatic carbocycles. The lowest BCUT2D eigenvalue weighted by Gasteiger charge is -2.10. The van der Waals surface area contributed by atoms with E-state index in [0.717, 1.165) is 10.8 Å². The van der Waals surface area contributed by atoms with Crippen LogP contribution in [0.3, 0.4) is 0 Å². The number of halogens is 4. The zero-order valence-corrected chi connectivity index (χ0v) is 16.7. The number of benzene rings is 2. The van der Waals surface area contributed by atoms with Crippen molar-refractivity contribution in [3.63, 3.8) is 0 Å². The van der Waals surface area contributed by atoms with Crippen LogP contribution in [0.4, 0.5) is 5.69 Å². The summed E-state index contributed by atoms with van der Waals surface area (Å²) in [6.07, 6.45) is 1.03. The van der Waals surface area contributed by atoms with E-state index < -0.39 is 17.1 Å². The van der Waals surface area contributed by atoms with Crippen LogP contribution in [0.2, 0.25) is 20.1 Å². The second-order valence-electron chi connectivity index (χ2n) is 5.42. The first-order chi connectivity index (χ1) is 13.3. The third kappa shape index (κ3) is 4.18. The Morgan fingerprint density at radius 2 is 1.61 bits per heavy atom. The summed E-state index contributed by atoms with van der Waals surface area (Å²) in [5.41, 5.74) is 1.22. The van der Waals surface area contributed by atoms with Gasteiger partial charge in [-0.05, 0) is 36.4 Å². The molecule has 0 radical (unpaired) electrons. The van der Waals surface area contributed by atoms with Crippen molar-refractivity contribution in [2.24, 2.45) is 5.10 Å². The van der Waals surface area contributed by atoms with E-state index in [1.54, 1.807) is 0 Å². The predicted molar refractivity (Wildman–Crippen MR) is 112 cm³/mol. The van der Waals surface area contributed by atoms with Crippen LogP contribution in [0.25, 0.3) is 5.69 Å². The van der Waals surface area contributed by atoms with Gasteiger partial charge < -0.3 is 5.11 Å². The number of hydrazone groups is 1. The molecular weight excluding hydrogens is 450 g/mol. The summed E-state index contributed by atoms with van der Waals surface area (Å²) < 4.78 is 0.904. The molecule has 0 amide bonds. The Balaban J connectivity index is 2.00. The number of nitrogens with one attached hydrogen (secondary N) is 2. The molecule has 0 saturated heterocycles. The van der Waals surface area contributed by atoms with E-state index in [0.29, 0.717) is 15.7 Å². The standard InChI is InChI=1S/C17H10Cl4N4O3/c18-8-1-3-10(4-2-8)25-16(27)11(15(26)23-17(25)28)7-22-24-14-12(20)5-9(19)6-13(14)21/h1-7,24,27H,(H,23,26,28). The van der Waals surface area contributed by atoms with Crippen molar-refractivity contribution >= 4 is 58.3 Å². The van der Waals surface area contributed by atoms with E-state index in [1.165, 1.54) is 36.4 Å². The lowest BCUT2D eigenvalue weighted by atomic mass is 10.3. The molecule has 0 bridgehead atoms. The summed E-state index contributed by atoms with van der Waals surface area (Å²) in [5.74, 6) is -0.602. The molecule has 0 spiro atoms. The molecule has 0 unspecified atom stereocenters. The average molecular weight is 460 g/mol. The fourth-order valence-corrected chi connectivity index (χ4v) is 3.32. The maximum atomic E-state index is 12.1. The normalized spacial score (nSPS) is 11.1. The van der Waals surface area contributed by atoms with Crippen molar-refractivity contribution in [3.8, 4) is 11.6 Å². The molecule has 0 saturated carbocycles. The Bertz CT molecular complexity index is 1160. The SMILES string of the molecule is O=c1[nH]c(=O)n(-c2ccc(Cl)cc2)c(O)c1C=NNc1c(Cl)cc(Cl)cc1Cl. The van der Waals surface area contributed by atoms with Gasteiger partial charge in [0.25, 0.3) is 5.56 Å². The second-order valence-corrected chi connectivity index (χ2v) is 7.11. The molecule has 3 rings (SSSR count). The highest BCUT2D eigenvalue weighted by Crippen LogP contribution is 2.33. The smallest absolute Gasteiger partial charge is 0.335 e. The van der Waals surface area contributed by atoms with E-state index >= 15 is 0 Å². The highest BCUT2D eigenvalue weighted by atomic mass is 35.5. The Hall–Kier alpha value is -2.45. The largest absolute Gasteiger partial charge is 0.493 e. The van der Waals surface area contributed by atoms with Crippen molar-refractivity contribution < 1.29 is 5.11 Å². The molecule has 0 fully saturated rings. The van der Waals surface area contributed by atoms with Gasteiger partial charge in [0.05, 0.1) is 27.6 Å². The lowest BCUT2D eigenvalue weighted by molar-refractivity contribution is 0.430. The fourth-order valence-electron chi connectivity index (χ4n) is 2.29. The first-order valence-electron chi connectivity index (χ1n) is 7.56. The zero-order valence-electron chi connectivity index (χ0n) is 13.7. The molecule has 0 atom stereocenters. The minimum absolute atomic E-state index is 0.207. The van der Waals surface area contributed by atoms with Gasteiger partial charge in [0.2, 0.25) is 5.88 Å². The summed E-state index contributed by atoms with van der Waals surface area (Å²) in [5, 5.41) is 15.5. The number of hydrogen-bond donors (Lipinski definition) is 3. The highest BCUT2D eigenvalue weighted by Gasteiger charge is 2.14. The van der Waals surface area contributed by atoms with Crippen LogP contribution in [0, 0.1) is 0 Å². The third-order valence-electron chi connectivity index (χ3n) is 3.58. The van der Waals surface area contributed by atoms with Gasteiger partial charge in [0.15, 0.2) is 0 Å². The van der Waals surface area contributed by atoms with E-state index in [2.05, 4.69) is 15.5 Å². The second kappa shape index (κ2) is 8.28. The van der Waals surface area contributed by atoms with Crippen molar-refractivity contribution in [2.45, 2.75) is 0 Å². The lowest BCUT2D eigenvalue weighted by Crippen LogP contribution is -2.31. The Labute approximate surface area is 177 Å². The van der Waals surface area contributed by atoms with Crippen LogP contribution in [0.5, 0.6) is 5.88 Å².